The Morgan fingerprint density at radius 3 is 2.64 bits per heavy atom. The van der Waals surface area contributed by atoms with Gasteiger partial charge in [-0.25, -0.2) is 13.1 Å². The van der Waals surface area contributed by atoms with Crippen LogP contribution in [-0.4, -0.2) is 40.6 Å². The molecule has 1 heterocycles. The van der Waals surface area contributed by atoms with E-state index >= 15 is 0 Å². The summed E-state index contributed by atoms with van der Waals surface area (Å²) in [5.74, 6) is 0.694. The van der Waals surface area contributed by atoms with Crippen molar-refractivity contribution in [2.24, 2.45) is 4.99 Å². The third-order valence-electron chi connectivity index (χ3n) is 3.26. The van der Waals surface area contributed by atoms with Crippen molar-refractivity contribution in [1.82, 2.24) is 15.4 Å². The molecule has 0 saturated heterocycles. The van der Waals surface area contributed by atoms with Crippen molar-refractivity contribution >= 4 is 27.3 Å². The van der Waals surface area contributed by atoms with Gasteiger partial charge in [-0.1, -0.05) is 12.2 Å². The van der Waals surface area contributed by atoms with Gasteiger partial charge in [-0.15, -0.1) is 11.3 Å². The van der Waals surface area contributed by atoms with Crippen LogP contribution in [0.15, 0.2) is 33.5 Å². The van der Waals surface area contributed by atoms with Crippen LogP contribution in [0.5, 0.6) is 0 Å². The molecule has 0 spiro atoms. The number of aryl methyl sites for hydroxylation is 1. The summed E-state index contributed by atoms with van der Waals surface area (Å²) in [5, 5.41) is 6.41. The summed E-state index contributed by atoms with van der Waals surface area (Å²) in [7, 11) is -1.70. The topological polar surface area (TPSA) is 82.6 Å². The van der Waals surface area contributed by atoms with Gasteiger partial charge in [-0.3, -0.25) is 4.99 Å². The Hall–Kier alpha value is -1.38. The first-order chi connectivity index (χ1) is 10.5. The molecular weight excluding hydrogens is 320 g/mol. The van der Waals surface area contributed by atoms with Crippen LogP contribution in [0.4, 0.5) is 0 Å². The molecule has 1 aliphatic rings. The van der Waals surface area contributed by atoms with Crippen molar-refractivity contribution in [1.29, 1.82) is 0 Å². The van der Waals surface area contributed by atoms with Crippen molar-refractivity contribution in [2.45, 2.75) is 30.0 Å². The molecule has 1 aliphatic carbocycles. The Labute approximate surface area is 135 Å². The Kier molecular flexibility index (Phi) is 5.98. The predicted molar refractivity (Wildman–Crippen MR) is 90.9 cm³/mol. The molecule has 0 fully saturated rings. The summed E-state index contributed by atoms with van der Waals surface area (Å²) in [6, 6.07) is 3.80. The maximum absolute atomic E-state index is 12.1. The second kappa shape index (κ2) is 7.75. The molecule has 0 saturated carbocycles. The standard InChI is InChI=1S/C14H22N4O2S2/c1-11-7-8-13(21-11)22(19,20)17-10-9-16-14(15-2)18-12-5-3-4-6-12/h3-4,7-8,12,17H,5-6,9-10H2,1-2H3,(H2,15,16,18). The molecule has 0 amide bonds. The van der Waals surface area contributed by atoms with Gasteiger partial charge in [0.15, 0.2) is 5.96 Å². The van der Waals surface area contributed by atoms with Gasteiger partial charge >= 0.3 is 0 Å². The van der Waals surface area contributed by atoms with Gasteiger partial charge in [-0.05, 0) is 31.9 Å². The van der Waals surface area contributed by atoms with Gasteiger partial charge in [0.05, 0.1) is 0 Å². The van der Waals surface area contributed by atoms with Crippen molar-refractivity contribution in [3.05, 3.63) is 29.2 Å². The number of guanidine groups is 1. The number of nitrogens with one attached hydrogen (secondary N) is 3. The van der Waals surface area contributed by atoms with Crippen LogP contribution in [0.1, 0.15) is 17.7 Å². The molecule has 1 aromatic rings. The minimum absolute atomic E-state index is 0.308. The lowest BCUT2D eigenvalue weighted by Gasteiger charge is -2.16. The van der Waals surface area contributed by atoms with E-state index in [9.17, 15) is 8.42 Å². The largest absolute Gasteiger partial charge is 0.355 e. The highest BCUT2D eigenvalue weighted by molar-refractivity contribution is 7.91. The summed E-state index contributed by atoms with van der Waals surface area (Å²) in [5.41, 5.74) is 0. The van der Waals surface area contributed by atoms with Crippen LogP contribution in [0.25, 0.3) is 0 Å². The van der Waals surface area contributed by atoms with Gasteiger partial charge in [0.1, 0.15) is 4.21 Å². The van der Waals surface area contributed by atoms with E-state index in [2.05, 4.69) is 32.5 Å². The molecule has 6 nitrogen and oxygen atoms in total. The zero-order valence-corrected chi connectivity index (χ0v) is 14.4. The lowest BCUT2D eigenvalue weighted by molar-refractivity contribution is 0.581. The van der Waals surface area contributed by atoms with Crippen molar-refractivity contribution in [2.75, 3.05) is 20.1 Å². The Balaban J connectivity index is 1.73. The van der Waals surface area contributed by atoms with Crippen LogP contribution in [-0.2, 0) is 10.0 Å². The van der Waals surface area contributed by atoms with E-state index in [0.717, 1.165) is 17.7 Å². The molecule has 22 heavy (non-hydrogen) atoms. The fourth-order valence-corrected chi connectivity index (χ4v) is 4.48. The smallest absolute Gasteiger partial charge is 0.250 e. The quantitative estimate of drug-likeness (QED) is 0.314. The molecule has 1 aromatic heterocycles. The van der Waals surface area contributed by atoms with Crippen LogP contribution < -0.4 is 15.4 Å². The van der Waals surface area contributed by atoms with E-state index in [-0.39, 0.29) is 0 Å². The third kappa shape index (κ3) is 4.82. The van der Waals surface area contributed by atoms with Gasteiger partial charge in [0, 0.05) is 31.1 Å². The lowest BCUT2D eigenvalue weighted by Crippen LogP contribution is -2.44. The van der Waals surface area contributed by atoms with E-state index in [4.69, 9.17) is 0 Å². The summed E-state index contributed by atoms with van der Waals surface area (Å²) < 4.78 is 27.0. The highest BCUT2D eigenvalue weighted by atomic mass is 32.2. The van der Waals surface area contributed by atoms with E-state index < -0.39 is 10.0 Å². The Bertz CT molecular complexity index is 642. The summed E-state index contributed by atoms with van der Waals surface area (Å²) in [6.07, 6.45) is 6.26. The molecule has 122 valence electrons. The van der Waals surface area contributed by atoms with Crippen molar-refractivity contribution in [3.63, 3.8) is 0 Å². The molecule has 3 N–H and O–H groups in total. The highest BCUT2D eigenvalue weighted by Gasteiger charge is 2.15. The van der Waals surface area contributed by atoms with Crippen LogP contribution >= 0.6 is 11.3 Å². The number of nitrogens with zero attached hydrogens (tertiary/aromatic N) is 1. The maximum Gasteiger partial charge on any atom is 0.250 e. The molecule has 0 aromatic carbocycles. The molecular formula is C14H22N4O2S2. The minimum Gasteiger partial charge on any atom is -0.355 e. The zero-order chi connectivity index (χ0) is 16.0. The Morgan fingerprint density at radius 1 is 1.32 bits per heavy atom. The average molecular weight is 342 g/mol. The number of hydrogen-bond acceptors (Lipinski definition) is 4. The number of aliphatic imine (C=N–C) groups is 1. The van der Waals surface area contributed by atoms with Crippen LogP contribution in [0, 0.1) is 6.92 Å². The van der Waals surface area contributed by atoms with Crippen LogP contribution in [0.3, 0.4) is 0 Å². The number of hydrogen-bond donors (Lipinski definition) is 3. The monoisotopic (exact) mass is 342 g/mol. The number of rotatable bonds is 6. The fraction of sp³-hybridized carbons (Fsp3) is 0.500. The Morgan fingerprint density at radius 2 is 2.05 bits per heavy atom. The predicted octanol–water partition coefficient (Wildman–Crippen LogP) is 1.22. The average Bonchev–Trinajstić information content (AvgIpc) is 3.13. The normalized spacial score (nSPS) is 16.2. The molecule has 0 atom stereocenters. The first-order valence-corrected chi connectivity index (χ1v) is 9.49. The van der Waals surface area contributed by atoms with E-state index in [1.165, 1.54) is 11.3 Å². The van der Waals surface area contributed by atoms with Crippen molar-refractivity contribution < 1.29 is 8.42 Å². The molecule has 0 aliphatic heterocycles. The third-order valence-corrected chi connectivity index (χ3v) is 6.22. The first kappa shape index (κ1) is 17.0. The lowest BCUT2D eigenvalue weighted by atomic mass is 10.2. The van der Waals surface area contributed by atoms with Gasteiger partial charge in [-0.2, -0.15) is 0 Å². The zero-order valence-electron chi connectivity index (χ0n) is 12.8. The fourth-order valence-electron chi connectivity index (χ4n) is 2.12. The van der Waals surface area contributed by atoms with Gasteiger partial charge < -0.3 is 10.6 Å². The van der Waals surface area contributed by atoms with Gasteiger partial charge in [0.25, 0.3) is 0 Å². The van der Waals surface area contributed by atoms with E-state index in [1.54, 1.807) is 19.2 Å². The SMILES string of the molecule is CN=C(NCCNS(=O)(=O)c1ccc(C)s1)NC1CC=CC1. The first-order valence-electron chi connectivity index (χ1n) is 7.19. The molecule has 8 heteroatoms. The second-order valence-electron chi connectivity index (χ2n) is 5.05. The number of thiophene rings is 1. The minimum atomic E-state index is -3.41. The van der Waals surface area contributed by atoms with E-state index in [0.29, 0.717) is 29.3 Å². The van der Waals surface area contributed by atoms with Crippen LogP contribution in [0.2, 0.25) is 0 Å². The molecule has 2 rings (SSSR count). The summed E-state index contributed by atoms with van der Waals surface area (Å²) in [4.78, 5) is 5.12. The maximum atomic E-state index is 12.1. The molecule has 0 bridgehead atoms. The number of sulfonamides is 1. The summed E-state index contributed by atoms with van der Waals surface area (Å²) in [6.45, 7) is 2.67. The molecule has 0 unspecified atom stereocenters. The summed E-state index contributed by atoms with van der Waals surface area (Å²) >= 11 is 1.27. The van der Waals surface area contributed by atoms with Crippen molar-refractivity contribution in [3.8, 4) is 0 Å². The van der Waals surface area contributed by atoms with E-state index in [1.807, 2.05) is 6.92 Å². The van der Waals surface area contributed by atoms with Gasteiger partial charge in [0.2, 0.25) is 10.0 Å². The highest BCUT2D eigenvalue weighted by Crippen LogP contribution is 2.19. The second-order valence-corrected chi connectivity index (χ2v) is 8.33. The molecule has 0 radical (unpaired) electrons.